The lowest BCUT2D eigenvalue weighted by atomic mass is 9.88. The molecule has 0 saturated carbocycles. The van der Waals surface area contributed by atoms with Crippen LogP contribution in [0, 0.1) is 16.0 Å². The van der Waals surface area contributed by atoms with Gasteiger partial charge in [0.1, 0.15) is 17.1 Å². The van der Waals surface area contributed by atoms with Crippen molar-refractivity contribution in [3.63, 3.8) is 0 Å². The second kappa shape index (κ2) is 10.5. The SMILES string of the molecule is CCOC(=O)c1c(NC(=O)COC(=O)CN2C(=O)c3cccc([N+](=O)[O-])c3C2=O)sc2c1CC[C@H](C)C2. The summed E-state index contributed by atoms with van der Waals surface area (Å²) in [6, 6.07) is 3.61. The zero-order valence-corrected chi connectivity index (χ0v) is 20.8. The van der Waals surface area contributed by atoms with E-state index in [1.54, 1.807) is 6.92 Å². The predicted molar refractivity (Wildman–Crippen MR) is 130 cm³/mol. The first kappa shape index (κ1) is 25.9. The van der Waals surface area contributed by atoms with Crippen LogP contribution in [0.25, 0.3) is 0 Å². The Labute approximate surface area is 214 Å². The Morgan fingerprint density at radius 3 is 2.68 bits per heavy atom. The van der Waals surface area contributed by atoms with Crippen LogP contribution in [0.4, 0.5) is 10.7 Å². The molecule has 1 aliphatic heterocycles. The number of thiophene rings is 1. The van der Waals surface area contributed by atoms with E-state index in [0.717, 1.165) is 29.3 Å². The van der Waals surface area contributed by atoms with E-state index in [2.05, 4.69) is 12.2 Å². The van der Waals surface area contributed by atoms with Gasteiger partial charge in [-0.2, -0.15) is 0 Å². The maximum atomic E-state index is 12.6. The number of imide groups is 1. The normalized spacial score (nSPS) is 16.2. The summed E-state index contributed by atoms with van der Waals surface area (Å²) in [6.45, 7) is 2.41. The van der Waals surface area contributed by atoms with Gasteiger partial charge in [0, 0.05) is 10.9 Å². The van der Waals surface area contributed by atoms with Crippen molar-refractivity contribution >= 4 is 51.7 Å². The fourth-order valence-electron chi connectivity index (χ4n) is 4.35. The van der Waals surface area contributed by atoms with E-state index in [9.17, 15) is 34.1 Å². The number of nitrogens with zero attached hydrogens (tertiary/aromatic N) is 2. The molecule has 0 bridgehead atoms. The first-order valence-electron chi connectivity index (χ1n) is 11.5. The van der Waals surface area contributed by atoms with Gasteiger partial charge in [-0.25, -0.2) is 4.79 Å². The molecule has 4 rings (SSSR count). The third-order valence-corrected chi connectivity index (χ3v) is 7.24. The fourth-order valence-corrected chi connectivity index (χ4v) is 5.77. The van der Waals surface area contributed by atoms with Crippen molar-refractivity contribution in [2.75, 3.05) is 25.1 Å². The van der Waals surface area contributed by atoms with Crippen molar-refractivity contribution in [1.82, 2.24) is 4.90 Å². The Morgan fingerprint density at radius 1 is 1.22 bits per heavy atom. The second-order valence-electron chi connectivity index (χ2n) is 8.64. The van der Waals surface area contributed by atoms with Gasteiger partial charge in [0.25, 0.3) is 23.4 Å². The lowest BCUT2D eigenvalue weighted by molar-refractivity contribution is -0.385. The minimum atomic E-state index is -1.06. The Kier molecular flexibility index (Phi) is 7.34. The van der Waals surface area contributed by atoms with Crippen molar-refractivity contribution in [3.8, 4) is 0 Å². The van der Waals surface area contributed by atoms with Crippen LogP contribution in [0.15, 0.2) is 18.2 Å². The van der Waals surface area contributed by atoms with Crippen molar-refractivity contribution < 1.29 is 38.4 Å². The number of hydrogen-bond donors (Lipinski definition) is 1. The molecule has 37 heavy (non-hydrogen) atoms. The van der Waals surface area contributed by atoms with Gasteiger partial charge in [0.15, 0.2) is 6.61 Å². The van der Waals surface area contributed by atoms with Gasteiger partial charge in [-0.15, -0.1) is 11.3 Å². The number of nitrogens with one attached hydrogen (secondary N) is 1. The van der Waals surface area contributed by atoms with Crippen molar-refractivity contribution in [3.05, 3.63) is 55.4 Å². The minimum Gasteiger partial charge on any atom is -0.462 e. The highest BCUT2D eigenvalue weighted by Crippen LogP contribution is 2.40. The summed E-state index contributed by atoms with van der Waals surface area (Å²) in [4.78, 5) is 74.5. The molecule has 1 aromatic heterocycles. The molecular formula is C24H23N3O9S. The lowest BCUT2D eigenvalue weighted by Gasteiger charge is -2.18. The van der Waals surface area contributed by atoms with E-state index in [1.165, 1.54) is 23.5 Å². The van der Waals surface area contributed by atoms with Crippen molar-refractivity contribution in [2.45, 2.75) is 33.1 Å². The molecular weight excluding hydrogens is 506 g/mol. The summed E-state index contributed by atoms with van der Waals surface area (Å²) in [5.41, 5.74) is 0.0314. The van der Waals surface area contributed by atoms with Crippen molar-refractivity contribution in [2.24, 2.45) is 5.92 Å². The average molecular weight is 530 g/mol. The van der Waals surface area contributed by atoms with Crippen LogP contribution < -0.4 is 5.32 Å². The Morgan fingerprint density at radius 2 is 1.97 bits per heavy atom. The maximum absolute atomic E-state index is 12.6. The molecule has 0 spiro atoms. The van der Waals surface area contributed by atoms with E-state index in [1.807, 2.05) is 0 Å². The summed E-state index contributed by atoms with van der Waals surface area (Å²) >= 11 is 1.28. The molecule has 2 heterocycles. The number of ether oxygens (including phenoxy) is 2. The van der Waals surface area contributed by atoms with Gasteiger partial charge in [-0.05, 0) is 43.7 Å². The van der Waals surface area contributed by atoms with E-state index in [-0.39, 0.29) is 12.2 Å². The first-order valence-corrected chi connectivity index (χ1v) is 12.3. The highest BCUT2D eigenvalue weighted by molar-refractivity contribution is 7.17. The van der Waals surface area contributed by atoms with Gasteiger partial charge < -0.3 is 14.8 Å². The Hall–Kier alpha value is -4.13. The van der Waals surface area contributed by atoms with Crippen LogP contribution in [-0.4, -0.2) is 59.2 Å². The smallest absolute Gasteiger partial charge is 0.341 e. The third-order valence-electron chi connectivity index (χ3n) is 6.07. The van der Waals surface area contributed by atoms with Crippen LogP contribution in [0.2, 0.25) is 0 Å². The molecule has 194 valence electrons. The van der Waals surface area contributed by atoms with Gasteiger partial charge in [0.05, 0.1) is 22.7 Å². The zero-order valence-electron chi connectivity index (χ0n) is 20.0. The number of hydrogen-bond acceptors (Lipinski definition) is 10. The van der Waals surface area contributed by atoms with Crippen LogP contribution in [-0.2, 0) is 31.9 Å². The molecule has 1 N–H and O–H groups in total. The summed E-state index contributed by atoms with van der Waals surface area (Å²) in [5, 5.41) is 14.1. The molecule has 0 radical (unpaired) electrons. The monoisotopic (exact) mass is 529 g/mol. The molecule has 13 heteroatoms. The Bertz CT molecular complexity index is 1330. The molecule has 0 unspecified atom stereocenters. The largest absolute Gasteiger partial charge is 0.462 e. The van der Waals surface area contributed by atoms with Crippen LogP contribution in [0.5, 0.6) is 0 Å². The molecule has 2 aromatic rings. The van der Waals surface area contributed by atoms with Gasteiger partial charge in [-0.3, -0.25) is 34.2 Å². The van der Waals surface area contributed by atoms with Gasteiger partial charge >= 0.3 is 11.9 Å². The molecule has 1 atom stereocenters. The number of benzene rings is 1. The summed E-state index contributed by atoms with van der Waals surface area (Å²) < 4.78 is 10.1. The van der Waals surface area contributed by atoms with E-state index in [4.69, 9.17) is 9.47 Å². The quantitative estimate of drug-likeness (QED) is 0.234. The fraction of sp³-hybridized carbons (Fsp3) is 0.375. The number of nitro groups is 1. The molecule has 0 saturated heterocycles. The number of carbonyl (C=O) groups is 5. The van der Waals surface area contributed by atoms with Crippen LogP contribution in [0.1, 0.15) is 61.8 Å². The summed E-state index contributed by atoms with van der Waals surface area (Å²) in [7, 11) is 0. The summed E-state index contributed by atoms with van der Waals surface area (Å²) in [6.07, 6.45) is 2.36. The molecule has 12 nitrogen and oxygen atoms in total. The van der Waals surface area contributed by atoms with Crippen LogP contribution in [0.3, 0.4) is 0 Å². The standard InChI is InChI=1S/C24H23N3O9S/c1-3-35-24(32)20-13-8-7-12(2)9-16(13)37-21(20)25-17(28)11-36-18(29)10-26-22(30)14-5-4-6-15(27(33)34)19(14)23(26)31/h4-6,12H,3,7-11H2,1-2H3,(H,25,28)/t12-/m0/s1. The number of fused-ring (bicyclic) bond motifs is 2. The number of carbonyl (C=O) groups excluding carboxylic acids is 5. The van der Waals surface area contributed by atoms with Crippen LogP contribution >= 0.6 is 11.3 Å². The summed E-state index contributed by atoms with van der Waals surface area (Å²) in [5.74, 6) is -3.75. The molecule has 1 aromatic carbocycles. The van der Waals surface area contributed by atoms with E-state index < -0.39 is 59.0 Å². The zero-order chi connectivity index (χ0) is 26.9. The highest BCUT2D eigenvalue weighted by atomic mass is 32.1. The Balaban J connectivity index is 1.40. The van der Waals surface area contributed by atoms with Gasteiger partial charge in [-0.1, -0.05) is 13.0 Å². The minimum absolute atomic E-state index is 0.172. The molecule has 0 fully saturated rings. The van der Waals surface area contributed by atoms with Crippen molar-refractivity contribution in [1.29, 1.82) is 0 Å². The average Bonchev–Trinajstić information content (AvgIpc) is 3.32. The third kappa shape index (κ3) is 5.07. The van der Waals surface area contributed by atoms with E-state index >= 15 is 0 Å². The number of anilines is 1. The number of rotatable bonds is 8. The number of esters is 2. The van der Waals surface area contributed by atoms with E-state index in [0.29, 0.717) is 27.8 Å². The molecule has 2 aliphatic rings. The molecule has 3 amide bonds. The predicted octanol–water partition coefficient (Wildman–Crippen LogP) is 2.74. The lowest BCUT2D eigenvalue weighted by Crippen LogP contribution is -2.36. The first-order chi connectivity index (χ1) is 17.6. The number of amides is 3. The highest BCUT2D eigenvalue weighted by Gasteiger charge is 2.42. The maximum Gasteiger partial charge on any atom is 0.341 e. The topological polar surface area (TPSA) is 162 Å². The number of nitro benzene ring substituents is 1. The molecule has 1 aliphatic carbocycles. The second-order valence-corrected chi connectivity index (χ2v) is 9.74. The van der Waals surface area contributed by atoms with Gasteiger partial charge in [0.2, 0.25) is 0 Å².